The lowest BCUT2D eigenvalue weighted by Gasteiger charge is -2.43. The molecule has 1 heterocycles. The van der Waals surface area contributed by atoms with Crippen molar-refractivity contribution in [2.24, 2.45) is 0 Å². The van der Waals surface area contributed by atoms with Crippen LogP contribution in [0.25, 0.3) is 0 Å². The summed E-state index contributed by atoms with van der Waals surface area (Å²) in [5.74, 6) is 0.927. The molecule has 1 saturated heterocycles. The first kappa shape index (κ1) is 11.0. The Kier molecular flexibility index (Phi) is 3.08. The molecule has 2 heteroatoms. The molecule has 1 aliphatic heterocycles. The predicted molar refractivity (Wildman–Crippen MR) is 66.9 cm³/mol. The van der Waals surface area contributed by atoms with Crippen LogP contribution in [0.3, 0.4) is 0 Å². The second kappa shape index (κ2) is 4.18. The average Bonchev–Trinajstić information content (AvgIpc) is 2.16. The Labute approximate surface area is 97.2 Å². The number of rotatable bonds is 3. The Morgan fingerprint density at radius 3 is 2.60 bits per heavy atom. The molecule has 1 aromatic rings. The molecule has 0 unspecified atom stereocenters. The van der Waals surface area contributed by atoms with E-state index in [9.17, 15) is 0 Å². The predicted octanol–water partition coefficient (Wildman–Crippen LogP) is 2.89. The quantitative estimate of drug-likeness (QED) is 0.774. The second-order valence-electron chi connectivity index (χ2n) is 4.57. The first-order valence-electron chi connectivity index (χ1n) is 5.44. The summed E-state index contributed by atoms with van der Waals surface area (Å²) in [7, 11) is 0. The van der Waals surface area contributed by atoms with Crippen molar-refractivity contribution in [2.75, 3.05) is 19.0 Å². The molecular formula is C13H18OS. The van der Waals surface area contributed by atoms with Crippen molar-refractivity contribution in [1.82, 2.24) is 0 Å². The first-order valence-corrected chi connectivity index (χ1v) is 6.07. The van der Waals surface area contributed by atoms with Crippen LogP contribution >= 0.6 is 12.6 Å². The van der Waals surface area contributed by atoms with Gasteiger partial charge in [0.1, 0.15) is 0 Å². The normalized spacial score (nSPS) is 18.6. The standard InChI is InChI=1S/C13H18OS/c1-10-3-4-11(2)12(7-10)13(5-6-15)8-14-9-13/h3-4,7,15H,5-6,8-9H2,1-2H3. The minimum absolute atomic E-state index is 0.248. The lowest BCUT2D eigenvalue weighted by molar-refractivity contribution is -0.0616. The molecule has 82 valence electrons. The van der Waals surface area contributed by atoms with E-state index in [1.54, 1.807) is 0 Å². The smallest absolute Gasteiger partial charge is 0.0586 e. The number of benzene rings is 1. The molecule has 0 atom stereocenters. The maximum absolute atomic E-state index is 5.41. The summed E-state index contributed by atoms with van der Waals surface area (Å²) in [6.45, 7) is 6.06. The lowest BCUT2D eigenvalue weighted by atomic mass is 9.74. The largest absolute Gasteiger partial charge is 0.379 e. The lowest BCUT2D eigenvalue weighted by Crippen LogP contribution is -2.47. The Hall–Kier alpha value is -0.470. The molecule has 0 bridgehead atoms. The van der Waals surface area contributed by atoms with Crippen molar-refractivity contribution in [3.8, 4) is 0 Å². The monoisotopic (exact) mass is 222 g/mol. The summed E-state index contributed by atoms with van der Waals surface area (Å²) >= 11 is 4.36. The molecule has 2 rings (SSSR count). The van der Waals surface area contributed by atoms with Crippen molar-refractivity contribution >= 4 is 12.6 Å². The highest BCUT2D eigenvalue weighted by molar-refractivity contribution is 7.80. The number of aryl methyl sites for hydroxylation is 2. The van der Waals surface area contributed by atoms with Gasteiger partial charge in [0.2, 0.25) is 0 Å². The van der Waals surface area contributed by atoms with Crippen molar-refractivity contribution in [3.63, 3.8) is 0 Å². The van der Waals surface area contributed by atoms with Crippen LogP contribution in [0.15, 0.2) is 18.2 Å². The molecule has 1 nitrogen and oxygen atoms in total. The van der Waals surface area contributed by atoms with E-state index in [1.807, 2.05) is 0 Å². The average molecular weight is 222 g/mol. The molecule has 1 fully saturated rings. The molecule has 1 aromatic carbocycles. The van der Waals surface area contributed by atoms with Gasteiger partial charge in [0.15, 0.2) is 0 Å². The zero-order chi connectivity index (χ0) is 10.9. The Bertz CT molecular complexity index is 356. The Balaban J connectivity index is 2.37. The maximum atomic E-state index is 5.41. The van der Waals surface area contributed by atoms with Crippen LogP contribution in [-0.4, -0.2) is 19.0 Å². The zero-order valence-corrected chi connectivity index (χ0v) is 10.3. The van der Waals surface area contributed by atoms with E-state index in [0.717, 1.165) is 25.4 Å². The van der Waals surface area contributed by atoms with Gasteiger partial charge >= 0.3 is 0 Å². The summed E-state index contributed by atoms with van der Waals surface area (Å²) in [6.07, 6.45) is 1.11. The SMILES string of the molecule is Cc1ccc(C)c(C2(CCS)COC2)c1. The fraction of sp³-hybridized carbons (Fsp3) is 0.538. The topological polar surface area (TPSA) is 9.23 Å². The van der Waals surface area contributed by atoms with Crippen LogP contribution in [0.5, 0.6) is 0 Å². The third-order valence-corrected chi connectivity index (χ3v) is 3.54. The van der Waals surface area contributed by atoms with Crippen molar-refractivity contribution < 1.29 is 4.74 Å². The summed E-state index contributed by atoms with van der Waals surface area (Å²) in [6, 6.07) is 6.69. The fourth-order valence-electron chi connectivity index (χ4n) is 2.30. The molecule has 0 spiro atoms. The first-order chi connectivity index (χ1) is 7.18. The van der Waals surface area contributed by atoms with Crippen molar-refractivity contribution in [2.45, 2.75) is 25.7 Å². The minimum Gasteiger partial charge on any atom is -0.379 e. The van der Waals surface area contributed by atoms with Gasteiger partial charge in [0, 0.05) is 5.41 Å². The fourth-order valence-corrected chi connectivity index (χ4v) is 2.73. The van der Waals surface area contributed by atoms with Crippen LogP contribution in [0, 0.1) is 13.8 Å². The van der Waals surface area contributed by atoms with Gasteiger partial charge < -0.3 is 4.74 Å². The van der Waals surface area contributed by atoms with Crippen LogP contribution in [0.1, 0.15) is 23.1 Å². The maximum Gasteiger partial charge on any atom is 0.0586 e. The molecule has 0 radical (unpaired) electrons. The number of thiol groups is 1. The highest BCUT2D eigenvalue weighted by Gasteiger charge is 2.40. The molecule has 0 aliphatic carbocycles. The molecule has 1 aliphatic rings. The molecule has 0 N–H and O–H groups in total. The number of hydrogen-bond acceptors (Lipinski definition) is 2. The molecule has 15 heavy (non-hydrogen) atoms. The van der Waals surface area contributed by atoms with E-state index in [4.69, 9.17) is 4.74 Å². The van der Waals surface area contributed by atoms with Gasteiger partial charge in [0.05, 0.1) is 13.2 Å². The van der Waals surface area contributed by atoms with Crippen LogP contribution in [0.2, 0.25) is 0 Å². The van der Waals surface area contributed by atoms with Gasteiger partial charge in [-0.3, -0.25) is 0 Å². The van der Waals surface area contributed by atoms with E-state index in [0.29, 0.717) is 0 Å². The van der Waals surface area contributed by atoms with E-state index in [-0.39, 0.29) is 5.41 Å². The summed E-state index contributed by atoms with van der Waals surface area (Å²) < 4.78 is 5.41. The summed E-state index contributed by atoms with van der Waals surface area (Å²) in [4.78, 5) is 0. The Morgan fingerprint density at radius 1 is 1.33 bits per heavy atom. The van der Waals surface area contributed by atoms with Gasteiger partial charge in [-0.2, -0.15) is 12.6 Å². The highest BCUT2D eigenvalue weighted by Crippen LogP contribution is 2.38. The van der Waals surface area contributed by atoms with Crippen LogP contribution in [-0.2, 0) is 10.2 Å². The molecule has 0 amide bonds. The van der Waals surface area contributed by atoms with Gasteiger partial charge in [-0.25, -0.2) is 0 Å². The minimum atomic E-state index is 0.248. The van der Waals surface area contributed by atoms with Gasteiger partial charge in [-0.05, 0) is 37.1 Å². The van der Waals surface area contributed by atoms with Crippen molar-refractivity contribution in [1.29, 1.82) is 0 Å². The summed E-state index contributed by atoms with van der Waals surface area (Å²) in [5.41, 5.74) is 4.42. The second-order valence-corrected chi connectivity index (χ2v) is 5.01. The van der Waals surface area contributed by atoms with E-state index < -0.39 is 0 Å². The van der Waals surface area contributed by atoms with E-state index in [1.165, 1.54) is 16.7 Å². The number of ether oxygens (including phenoxy) is 1. The highest BCUT2D eigenvalue weighted by atomic mass is 32.1. The van der Waals surface area contributed by atoms with E-state index in [2.05, 4.69) is 44.7 Å². The molecule has 0 aromatic heterocycles. The Morgan fingerprint density at radius 2 is 2.07 bits per heavy atom. The summed E-state index contributed by atoms with van der Waals surface area (Å²) in [5, 5.41) is 0. The van der Waals surface area contributed by atoms with Crippen molar-refractivity contribution in [3.05, 3.63) is 34.9 Å². The van der Waals surface area contributed by atoms with Crippen LogP contribution < -0.4 is 0 Å². The van der Waals surface area contributed by atoms with E-state index >= 15 is 0 Å². The van der Waals surface area contributed by atoms with Crippen LogP contribution in [0.4, 0.5) is 0 Å². The third-order valence-electron chi connectivity index (χ3n) is 3.31. The zero-order valence-electron chi connectivity index (χ0n) is 9.42. The third kappa shape index (κ3) is 1.93. The number of hydrogen-bond donors (Lipinski definition) is 1. The van der Waals surface area contributed by atoms with Gasteiger partial charge in [-0.1, -0.05) is 23.8 Å². The molecular weight excluding hydrogens is 204 g/mol. The van der Waals surface area contributed by atoms with Gasteiger partial charge in [-0.15, -0.1) is 0 Å². The molecule has 0 saturated carbocycles. The van der Waals surface area contributed by atoms with Gasteiger partial charge in [0.25, 0.3) is 0 Å².